The fourth-order valence-corrected chi connectivity index (χ4v) is 3.97. The van der Waals surface area contributed by atoms with E-state index < -0.39 is 0 Å². The number of fused-ring (bicyclic) bond motifs is 1. The van der Waals surface area contributed by atoms with Crippen LogP contribution in [0.1, 0.15) is 23.2 Å². The van der Waals surface area contributed by atoms with E-state index in [1.54, 1.807) is 38.5 Å². The van der Waals surface area contributed by atoms with E-state index >= 15 is 0 Å². The number of ketones is 1. The van der Waals surface area contributed by atoms with Gasteiger partial charge < -0.3 is 15.1 Å². The minimum absolute atomic E-state index is 0.0980. The number of rotatable bonds is 5. The van der Waals surface area contributed by atoms with Crippen LogP contribution in [0.2, 0.25) is 0 Å². The Morgan fingerprint density at radius 2 is 1.97 bits per heavy atom. The third kappa shape index (κ3) is 4.29. The second-order valence-electron chi connectivity index (χ2n) is 8.39. The molecule has 1 aliphatic rings. The van der Waals surface area contributed by atoms with Gasteiger partial charge in [0.05, 0.1) is 18.3 Å². The van der Waals surface area contributed by atoms with Gasteiger partial charge in [0.15, 0.2) is 11.6 Å². The number of hydrogen-bond donors (Lipinski definition) is 2. The lowest BCUT2D eigenvalue weighted by Gasteiger charge is -2.26. The summed E-state index contributed by atoms with van der Waals surface area (Å²) in [5.41, 5.74) is 2.90. The van der Waals surface area contributed by atoms with Crippen molar-refractivity contribution >= 4 is 40.2 Å². The second kappa shape index (κ2) is 8.89. The number of anilines is 3. The van der Waals surface area contributed by atoms with E-state index in [-0.39, 0.29) is 18.2 Å². The van der Waals surface area contributed by atoms with Gasteiger partial charge in [0.25, 0.3) is 5.91 Å². The quantitative estimate of drug-likeness (QED) is 0.470. The Morgan fingerprint density at radius 1 is 1.12 bits per heavy atom. The molecule has 2 aromatic carbocycles. The number of nitrogens with one attached hydrogen (secondary N) is 2. The maximum atomic E-state index is 12.4. The van der Waals surface area contributed by atoms with E-state index in [4.69, 9.17) is 4.98 Å². The zero-order valence-corrected chi connectivity index (χ0v) is 18.9. The van der Waals surface area contributed by atoms with Crippen LogP contribution in [0.15, 0.2) is 48.7 Å². The molecule has 10 nitrogen and oxygen atoms in total. The molecular weight excluding hydrogens is 432 g/mol. The van der Waals surface area contributed by atoms with Crippen molar-refractivity contribution in [1.82, 2.24) is 30.0 Å². The van der Waals surface area contributed by atoms with Crippen LogP contribution in [0.4, 0.5) is 17.6 Å². The number of carbonyl (C=O) groups excluding carboxylic acids is 2. The molecule has 10 heteroatoms. The Balaban J connectivity index is 1.57. The minimum Gasteiger partial charge on any atom is -0.345 e. The van der Waals surface area contributed by atoms with Crippen molar-refractivity contribution in [2.24, 2.45) is 0 Å². The molecule has 0 atom stereocenters. The minimum atomic E-state index is -0.0980. The first-order valence-electron chi connectivity index (χ1n) is 11.0. The molecule has 2 aromatic heterocycles. The average molecular weight is 457 g/mol. The van der Waals surface area contributed by atoms with Crippen molar-refractivity contribution in [3.05, 3.63) is 54.2 Å². The van der Waals surface area contributed by atoms with Crippen LogP contribution in [0.5, 0.6) is 0 Å². The molecule has 1 amide bonds. The summed E-state index contributed by atoms with van der Waals surface area (Å²) in [6.07, 6.45) is 3.07. The van der Waals surface area contributed by atoms with Gasteiger partial charge in [-0.2, -0.15) is 20.1 Å². The van der Waals surface area contributed by atoms with Gasteiger partial charge in [-0.25, -0.2) is 0 Å². The Hall–Kier alpha value is -4.34. The Morgan fingerprint density at radius 3 is 2.79 bits per heavy atom. The highest BCUT2D eigenvalue weighted by Gasteiger charge is 2.22. The van der Waals surface area contributed by atoms with Crippen molar-refractivity contribution < 1.29 is 9.59 Å². The van der Waals surface area contributed by atoms with Crippen LogP contribution in [0.3, 0.4) is 0 Å². The van der Waals surface area contributed by atoms with Gasteiger partial charge in [-0.05, 0) is 30.7 Å². The number of aromatic nitrogens is 5. The molecule has 0 unspecified atom stereocenters. The van der Waals surface area contributed by atoms with Gasteiger partial charge in [-0.1, -0.05) is 18.2 Å². The number of nitrogens with zero attached hydrogens (tertiary/aromatic N) is 6. The molecule has 1 fully saturated rings. The maximum Gasteiger partial charge on any atom is 0.253 e. The van der Waals surface area contributed by atoms with Gasteiger partial charge >= 0.3 is 0 Å². The normalized spacial score (nSPS) is 13.8. The largest absolute Gasteiger partial charge is 0.345 e. The number of Topliss-reactive ketones (excluding diaryl/α,β-unsaturated/α-hetero) is 1. The number of hydrogen-bond acceptors (Lipinski definition) is 8. The number of amides is 1. The topological polar surface area (TPSA) is 120 Å². The summed E-state index contributed by atoms with van der Waals surface area (Å²) in [7, 11) is 3.42. The predicted octanol–water partition coefficient (Wildman–Crippen LogP) is 3.03. The van der Waals surface area contributed by atoms with Crippen molar-refractivity contribution in [3.8, 4) is 11.4 Å². The van der Waals surface area contributed by atoms with Crippen LogP contribution in [-0.4, -0.2) is 68.9 Å². The summed E-state index contributed by atoms with van der Waals surface area (Å²) in [5.74, 6) is 1.29. The number of piperidine rings is 1. The van der Waals surface area contributed by atoms with Crippen LogP contribution < -0.4 is 10.2 Å². The van der Waals surface area contributed by atoms with Crippen molar-refractivity contribution in [2.75, 3.05) is 37.4 Å². The van der Waals surface area contributed by atoms with Gasteiger partial charge in [0.2, 0.25) is 11.9 Å². The second-order valence-corrected chi connectivity index (χ2v) is 8.39. The smallest absolute Gasteiger partial charge is 0.253 e. The standard InChI is InChI=1S/C24H24N8O2/c1-31(2)22(34)15-6-3-7-16(12-15)26-23-27-21(18-9-4-10-20-19(18)13-25-30-20)28-24(29-23)32-11-5-8-17(33)14-32/h3-4,6-7,9-10,12-13H,5,8,11,14H2,1-2H3,(H,25,30)(H,26,27,28,29). The van der Waals surface area contributed by atoms with Crippen LogP contribution in [0, 0.1) is 0 Å². The zero-order valence-electron chi connectivity index (χ0n) is 18.9. The lowest BCUT2D eigenvalue weighted by Crippen LogP contribution is -2.37. The first-order chi connectivity index (χ1) is 16.5. The number of benzene rings is 2. The molecule has 1 aliphatic heterocycles. The summed E-state index contributed by atoms with van der Waals surface area (Å²) in [6, 6.07) is 12.9. The van der Waals surface area contributed by atoms with Crippen molar-refractivity contribution in [3.63, 3.8) is 0 Å². The molecular formula is C24H24N8O2. The summed E-state index contributed by atoms with van der Waals surface area (Å²) >= 11 is 0. The Kier molecular flexibility index (Phi) is 5.62. The highest BCUT2D eigenvalue weighted by Crippen LogP contribution is 2.28. The third-order valence-corrected chi connectivity index (χ3v) is 5.65. The SMILES string of the molecule is CN(C)C(=O)c1cccc(Nc2nc(-c3cccc4[nH]ncc34)nc(N3CCCC(=O)C3)n2)c1. The highest BCUT2D eigenvalue weighted by atomic mass is 16.2. The third-order valence-electron chi connectivity index (χ3n) is 5.65. The summed E-state index contributed by atoms with van der Waals surface area (Å²) in [4.78, 5) is 41.9. The van der Waals surface area contributed by atoms with E-state index in [2.05, 4.69) is 25.5 Å². The number of aromatic amines is 1. The molecule has 0 radical (unpaired) electrons. The van der Waals surface area contributed by atoms with E-state index in [1.165, 1.54) is 4.90 Å². The predicted molar refractivity (Wildman–Crippen MR) is 129 cm³/mol. The van der Waals surface area contributed by atoms with E-state index in [0.717, 1.165) is 22.9 Å². The van der Waals surface area contributed by atoms with Gasteiger partial charge in [-0.3, -0.25) is 14.7 Å². The molecule has 172 valence electrons. The molecule has 0 saturated carbocycles. The van der Waals surface area contributed by atoms with E-state index in [9.17, 15) is 9.59 Å². The molecule has 0 aliphatic carbocycles. The van der Waals surface area contributed by atoms with Gasteiger partial charge in [0, 0.05) is 49.3 Å². The number of H-pyrrole nitrogens is 1. The van der Waals surface area contributed by atoms with Crippen molar-refractivity contribution in [2.45, 2.75) is 12.8 Å². The van der Waals surface area contributed by atoms with Crippen LogP contribution in [0.25, 0.3) is 22.3 Å². The molecule has 34 heavy (non-hydrogen) atoms. The van der Waals surface area contributed by atoms with Gasteiger partial charge in [-0.15, -0.1) is 0 Å². The highest BCUT2D eigenvalue weighted by molar-refractivity contribution is 5.95. The monoisotopic (exact) mass is 456 g/mol. The molecule has 5 rings (SSSR count). The molecule has 4 aromatic rings. The molecule has 3 heterocycles. The number of carbonyl (C=O) groups is 2. The Bertz CT molecular complexity index is 1380. The fraction of sp³-hybridized carbons (Fsp3) is 0.250. The summed E-state index contributed by atoms with van der Waals surface area (Å²) in [6.45, 7) is 0.961. The van der Waals surface area contributed by atoms with Crippen LogP contribution in [-0.2, 0) is 4.79 Å². The van der Waals surface area contributed by atoms with Crippen LogP contribution >= 0.6 is 0 Å². The van der Waals surface area contributed by atoms with E-state index in [0.29, 0.717) is 41.9 Å². The van der Waals surface area contributed by atoms with Crippen molar-refractivity contribution in [1.29, 1.82) is 0 Å². The summed E-state index contributed by atoms with van der Waals surface area (Å²) in [5, 5.41) is 11.2. The molecule has 0 spiro atoms. The lowest BCUT2D eigenvalue weighted by atomic mass is 10.1. The lowest BCUT2D eigenvalue weighted by molar-refractivity contribution is -0.118. The van der Waals surface area contributed by atoms with E-state index in [1.807, 2.05) is 29.2 Å². The maximum absolute atomic E-state index is 12.4. The Labute approximate surface area is 196 Å². The molecule has 0 bridgehead atoms. The summed E-state index contributed by atoms with van der Waals surface area (Å²) < 4.78 is 0. The average Bonchev–Trinajstić information content (AvgIpc) is 3.32. The first-order valence-corrected chi connectivity index (χ1v) is 11.0. The molecule has 2 N–H and O–H groups in total. The first kappa shape index (κ1) is 21.5. The fourth-order valence-electron chi connectivity index (χ4n) is 3.97. The van der Waals surface area contributed by atoms with Gasteiger partial charge in [0.1, 0.15) is 0 Å². The zero-order chi connectivity index (χ0) is 23.7. The molecule has 1 saturated heterocycles.